The monoisotopic (exact) mass is 265 g/mol. The molecule has 2 heteroatoms. The van der Waals surface area contributed by atoms with Crippen LogP contribution in [0.4, 0.5) is 0 Å². The molecule has 1 heterocycles. The third-order valence-corrected chi connectivity index (χ3v) is 5.57. The molecule has 0 amide bonds. The van der Waals surface area contributed by atoms with Gasteiger partial charge in [0.1, 0.15) is 0 Å². The molecule has 4 atom stereocenters. The van der Waals surface area contributed by atoms with Crippen molar-refractivity contribution < 1.29 is 0 Å². The average Bonchev–Trinajstić information content (AvgIpc) is 2.85. The third kappa shape index (κ3) is 3.58. The first-order valence-electron chi connectivity index (χ1n) is 7.46. The standard InChI is InChI=1S/C16H27NS/c1-4-17-16(11-15-6-5-9-18-15)14-8-7-12(2)13(3)10-14/h5-6,9,12-14,16-17H,4,7-8,10-11H2,1-3H3. The Kier molecular flexibility index (Phi) is 5.25. The van der Waals surface area contributed by atoms with Gasteiger partial charge in [0.2, 0.25) is 0 Å². The van der Waals surface area contributed by atoms with Crippen LogP contribution in [0.15, 0.2) is 17.5 Å². The van der Waals surface area contributed by atoms with Crippen LogP contribution in [0.2, 0.25) is 0 Å². The van der Waals surface area contributed by atoms with E-state index in [1.54, 1.807) is 0 Å². The quantitative estimate of drug-likeness (QED) is 0.835. The first-order valence-corrected chi connectivity index (χ1v) is 8.34. The van der Waals surface area contributed by atoms with Gasteiger partial charge in [-0.15, -0.1) is 11.3 Å². The predicted octanol–water partition coefficient (Wildman–Crippen LogP) is 4.34. The Morgan fingerprint density at radius 3 is 2.78 bits per heavy atom. The Balaban J connectivity index is 1.96. The van der Waals surface area contributed by atoms with E-state index in [-0.39, 0.29) is 0 Å². The second-order valence-corrected chi connectivity index (χ2v) is 7.01. The number of thiophene rings is 1. The van der Waals surface area contributed by atoms with Gasteiger partial charge in [0.15, 0.2) is 0 Å². The van der Waals surface area contributed by atoms with E-state index in [0.717, 1.165) is 24.3 Å². The smallest absolute Gasteiger partial charge is 0.0144 e. The van der Waals surface area contributed by atoms with Crippen molar-refractivity contribution in [3.05, 3.63) is 22.4 Å². The zero-order valence-corrected chi connectivity index (χ0v) is 12.8. The maximum absolute atomic E-state index is 3.73. The Bertz CT molecular complexity index is 333. The van der Waals surface area contributed by atoms with Crippen LogP contribution in [0.3, 0.4) is 0 Å². The van der Waals surface area contributed by atoms with E-state index in [4.69, 9.17) is 0 Å². The fraction of sp³-hybridized carbons (Fsp3) is 0.750. The number of likely N-dealkylation sites (N-methyl/N-ethyl adjacent to an activating group) is 1. The summed E-state index contributed by atoms with van der Waals surface area (Å²) in [6, 6.07) is 5.14. The predicted molar refractivity (Wildman–Crippen MR) is 81.2 cm³/mol. The van der Waals surface area contributed by atoms with Crippen molar-refractivity contribution in [2.75, 3.05) is 6.54 Å². The van der Waals surface area contributed by atoms with Crippen LogP contribution in [-0.4, -0.2) is 12.6 Å². The van der Waals surface area contributed by atoms with Crippen LogP contribution in [0.25, 0.3) is 0 Å². The van der Waals surface area contributed by atoms with Crippen LogP contribution < -0.4 is 5.32 Å². The largest absolute Gasteiger partial charge is 0.314 e. The molecule has 102 valence electrons. The summed E-state index contributed by atoms with van der Waals surface area (Å²) in [4.78, 5) is 1.53. The highest BCUT2D eigenvalue weighted by molar-refractivity contribution is 7.09. The van der Waals surface area contributed by atoms with E-state index in [1.807, 2.05) is 11.3 Å². The minimum Gasteiger partial charge on any atom is -0.314 e. The molecule has 4 unspecified atom stereocenters. The van der Waals surface area contributed by atoms with Crippen molar-refractivity contribution in [2.45, 2.75) is 52.5 Å². The van der Waals surface area contributed by atoms with Crippen LogP contribution in [0.5, 0.6) is 0 Å². The summed E-state index contributed by atoms with van der Waals surface area (Å²) in [5.74, 6) is 2.69. The van der Waals surface area contributed by atoms with Gasteiger partial charge in [0.25, 0.3) is 0 Å². The van der Waals surface area contributed by atoms with E-state index < -0.39 is 0 Å². The molecule has 1 aliphatic rings. The van der Waals surface area contributed by atoms with Crippen molar-refractivity contribution in [1.29, 1.82) is 0 Å². The lowest BCUT2D eigenvalue weighted by Gasteiger charge is -2.37. The number of hydrogen-bond acceptors (Lipinski definition) is 2. The summed E-state index contributed by atoms with van der Waals surface area (Å²) in [6.07, 6.45) is 5.45. The van der Waals surface area contributed by atoms with Gasteiger partial charge in [0, 0.05) is 10.9 Å². The maximum atomic E-state index is 3.73. The first kappa shape index (κ1) is 14.1. The molecule has 1 nitrogen and oxygen atoms in total. The molecule has 1 aromatic heterocycles. The molecule has 18 heavy (non-hydrogen) atoms. The summed E-state index contributed by atoms with van der Waals surface area (Å²) >= 11 is 1.90. The molecule has 2 rings (SSSR count). The Hall–Kier alpha value is -0.340. The van der Waals surface area contributed by atoms with Crippen molar-refractivity contribution in [1.82, 2.24) is 5.32 Å². The highest BCUT2D eigenvalue weighted by atomic mass is 32.1. The molecule has 0 bridgehead atoms. The van der Waals surface area contributed by atoms with E-state index in [9.17, 15) is 0 Å². The Morgan fingerprint density at radius 2 is 2.17 bits per heavy atom. The summed E-state index contributed by atoms with van der Waals surface area (Å²) in [5.41, 5.74) is 0. The van der Waals surface area contributed by atoms with Crippen LogP contribution in [0.1, 0.15) is 44.9 Å². The zero-order valence-electron chi connectivity index (χ0n) is 12.0. The lowest BCUT2D eigenvalue weighted by molar-refractivity contribution is 0.171. The van der Waals surface area contributed by atoms with Gasteiger partial charge in [-0.1, -0.05) is 33.3 Å². The van der Waals surface area contributed by atoms with E-state index in [0.29, 0.717) is 6.04 Å². The molecule has 0 aliphatic heterocycles. The minimum atomic E-state index is 0.684. The topological polar surface area (TPSA) is 12.0 Å². The molecule has 0 saturated heterocycles. The van der Waals surface area contributed by atoms with Gasteiger partial charge in [-0.3, -0.25) is 0 Å². The summed E-state index contributed by atoms with van der Waals surface area (Å²) in [7, 11) is 0. The molecule has 1 N–H and O–H groups in total. The normalized spacial score (nSPS) is 30.3. The number of rotatable bonds is 5. The van der Waals surface area contributed by atoms with E-state index in [1.165, 1.54) is 30.6 Å². The van der Waals surface area contributed by atoms with Gasteiger partial charge >= 0.3 is 0 Å². The second-order valence-electron chi connectivity index (χ2n) is 5.98. The summed E-state index contributed by atoms with van der Waals surface area (Å²) in [6.45, 7) is 8.18. The molecule has 0 radical (unpaired) electrons. The molecule has 1 aliphatic carbocycles. The van der Waals surface area contributed by atoms with Crippen molar-refractivity contribution in [3.63, 3.8) is 0 Å². The Morgan fingerprint density at radius 1 is 1.33 bits per heavy atom. The molecule has 1 saturated carbocycles. The van der Waals surface area contributed by atoms with Crippen molar-refractivity contribution in [2.24, 2.45) is 17.8 Å². The average molecular weight is 265 g/mol. The molecular formula is C16H27NS. The van der Waals surface area contributed by atoms with E-state index >= 15 is 0 Å². The molecular weight excluding hydrogens is 238 g/mol. The lowest BCUT2D eigenvalue weighted by Crippen LogP contribution is -2.41. The molecule has 0 spiro atoms. The summed E-state index contributed by atoms with van der Waals surface area (Å²) < 4.78 is 0. The van der Waals surface area contributed by atoms with Crippen LogP contribution >= 0.6 is 11.3 Å². The number of nitrogens with one attached hydrogen (secondary N) is 1. The van der Waals surface area contributed by atoms with Gasteiger partial charge in [-0.25, -0.2) is 0 Å². The van der Waals surface area contributed by atoms with Crippen LogP contribution in [0, 0.1) is 17.8 Å². The lowest BCUT2D eigenvalue weighted by atomic mass is 9.72. The maximum Gasteiger partial charge on any atom is 0.0144 e. The Labute approximate surface area is 116 Å². The third-order valence-electron chi connectivity index (χ3n) is 4.68. The number of hydrogen-bond donors (Lipinski definition) is 1. The van der Waals surface area contributed by atoms with Crippen LogP contribution in [-0.2, 0) is 6.42 Å². The molecule has 1 fully saturated rings. The highest BCUT2D eigenvalue weighted by Gasteiger charge is 2.29. The van der Waals surface area contributed by atoms with Gasteiger partial charge in [0.05, 0.1) is 0 Å². The van der Waals surface area contributed by atoms with Crippen molar-refractivity contribution in [3.8, 4) is 0 Å². The fourth-order valence-corrected chi connectivity index (χ4v) is 4.03. The van der Waals surface area contributed by atoms with Gasteiger partial charge < -0.3 is 5.32 Å². The molecule has 1 aromatic rings. The summed E-state index contributed by atoms with van der Waals surface area (Å²) in [5, 5.41) is 5.93. The van der Waals surface area contributed by atoms with Gasteiger partial charge in [-0.2, -0.15) is 0 Å². The molecule has 0 aromatic carbocycles. The van der Waals surface area contributed by atoms with Crippen molar-refractivity contribution >= 4 is 11.3 Å². The fourth-order valence-electron chi connectivity index (χ4n) is 3.27. The van der Waals surface area contributed by atoms with E-state index in [2.05, 4.69) is 43.6 Å². The first-order chi connectivity index (χ1) is 8.70. The zero-order chi connectivity index (χ0) is 13.0. The minimum absolute atomic E-state index is 0.684. The highest BCUT2D eigenvalue weighted by Crippen LogP contribution is 2.36. The van der Waals surface area contributed by atoms with Gasteiger partial charge in [-0.05, 0) is 55.0 Å². The SMILES string of the molecule is CCNC(Cc1cccs1)C1CCC(C)C(C)C1. The second kappa shape index (κ2) is 6.72.